The topological polar surface area (TPSA) is 40.5 Å². The van der Waals surface area contributed by atoms with Crippen LogP contribution in [0.25, 0.3) is 0 Å². The van der Waals surface area contributed by atoms with Gasteiger partial charge in [0.25, 0.3) is 0 Å². The predicted molar refractivity (Wildman–Crippen MR) is 74.8 cm³/mol. The molecule has 0 amide bonds. The standard InChI is InChI=1S/C15H29NO2/c1-5-8-14(4,13(17)18)16-11-15(12-16,9-6-2)10-7-3/h5-12H2,1-4H3,(H,17,18). The van der Waals surface area contributed by atoms with E-state index in [1.54, 1.807) is 0 Å². The summed E-state index contributed by atoms with van der Waals surface area (Å²) in [5, 5.41) is 9.49. The highest BCUT2D eigenvalue weighted by atomic mass is 16.4. The van der Waals surface area contributed by atoms with E-state index in [0.29, 0.717) is 5.41 Å². The molecular formula is C15H29NO2. The Morgan fingerprint density at radius 1 is 1.17 bits per heavy atom. The Balaban J connectivity index is 2.69. The number of aliphatic carboxylic acids is 1. The van der Waals surface area contributed by atoms with Crippen LogP contribution >= 0.6 is 0 Å². The van der Waals surface area contributed by atoms with Crippen molar-refractivity contribution < 1.29 is 9.90 Å². The highest BCUT2D eigenvalue weighted by molar-refractivity contribution is 5.78. The van der Waals surface area contributed by atoms with Crippen molar-refractivity contribution in [2.75, 3.05) is 13.1 Å². The molecule has 0 aromatic carbocycles. The van der Waals surface area contributed by atoms with Crippen molar-refractivity contribution in [3.63, 3.8) is 0 Å². The van der Waals surface area contributed by atoms with Gasteiger partial charge in [0.05, 0.1) is 0 Å². The Bertz CT molecular complexity index is 276. The summed E-state index contributed by atoms with van der Waals surface area (Å²) in [6.07, 6.45) is 6.54. The maximum Gasteiger partial charge on any atom is 0.323 e. The van der Waals surface area contributed by atoms with Crippen molar-refractivity contribution in [3.05, 3.63) is 0 Å². The fraction of sp³-hybridized carbons (Fsp3) is 0.933. The molecule has 106 valence electrons. The van der Waals surface area contributed by atoms with Gasteiger partial charge in [-0.3, -0.25) is 9.69 Å². The van der Waals surface area contributed by atoms with Gasteiger partial charge in [0.2, 0.25) is 0 Å². The molecule has 3 nitrogen and oxygen atoms in total. The molecule has 1 heterocycles. The molecule has 1 unspecified atom stereocenters. The van der Waals surface area contributed by atoms with E-state index >= 15 is 0 Å². The van der Waals surface area contributed by atoms with Crippen LogP contribution in [0.4, 0.5) is 0 Å². The van der Waals surface area contributed by atoms with Crippen molar-refractivity contribution in [1.29, 1.82) is 0 Å². The van der Waals surface area contributed by atoms with Crippen LogP contribution in [0.3, 0.4) is 0 Å². The van der Waals surface area contributed by atoms with Gasteiger partial charge < -0.3 is 5.11 Å². The van der Waals surface area contributed by atoms with Crippen molar-refractivity contribution in [1.82, 2.24) is 4.90 Å². The van der Waals surface area contributed by atoms with E-state index in [1.807, 2.05) is 6.92 Å². The minimum Gasteiger partial charge on any atom is -0.480 e. The van der Waals surface area contributed by atoms with E-state index < -0.39 is 11.5 Å². The molecule has 1 aliphatic rings. The fourth-order valence-corrected chi connectivity index (χ4v) is 3.50. The Labute approximate surface area is 112 Å². The largest absolute Gasteiger partial charge is 0.480 e. The van der Waals surface area contributed by atoms with Gasteiger partial charge in [-0.25, -0.2) is 0 Å². The van der Waals surface area contributed by atoms with Crippen LogP contribution in [-0.4, -0.2) is 34.6 Å². The summed E-state index contributed by atoms with van der Waals surface area (Å²) >= 11 is 0. The lowest BCUT2D eigenvalue weighted by molar-refractivity contribution is -0.163. The smallest absolute Gasteiger partial charge is 0.323 e. The van der Waals surface area contributed by atoms with Gasteiger partial charge in [-0.1, -0.05) is 40.0 Å². The average Bonchev–Trinajstić information content (AvgIpc) is 2.25. The Hall–Kier alpha value is -0.570. The van der Waals surface area contributed by atoms with E-state index in [0.717, 1.165) is 25.9 Å². The molecule has 3 heteroatoms. The minimum atomic E-state index is -0.661. The molecule has 1 N–H and O–H groups in total. The normalized spacial score (nSPS) is 22.2. The van der Waals surface area contributed by atoms with Crippen molar-refractivity contribution >= 4 is 5.97 Å². The van der Waals surface area contributed by atoms with Crippen LogP contribution in [0, 0.1) is 5.41 Å². The molecule has 0 bridgehead atoms. The third kappa shape index (κ3) is 2.87. The van der Waals surface area contributed by atoms with Crippen LogP contribution in [-0.2, 0) is 4.79 Å². The van der Waals surface area contributed by atoms with Crippen LogP contribution < -0.4 is 0 Å². The van der Waals surface area contributed by atoms with Crippen LogP contribution in [0.2, 0.25) is 0 Å². The quantitative estimate of drug-likeness (QED) is 0.721. The lowest BCUT2D eigenvalue weighted by atomic mass is 9.70. The SMILES string of the molecule is CCCC1(CCC)CN(C(C)(CCC)C(=O)O)C1. The second-order valence-corrected chi connectivity index (χ2v) is 6.19. The number of rotatable bonds is 8. The zero-order valence-corrected chi connectivity index (χ0v) is 12.5. The summed E-state index contributed by atoms with van der Waals surface area (Å²) < 4.78 is 0. The molecule has 0 spiro atoms. The molecule has 18 heavy (non-hydrogen) atoms. The summed E-state index contributed by atoms with van der Waals surface area (Å²) in [4.78, 5) is 13.7. The first kappa shape index (κ1) is 15.5. The van der Waals surface area contributed by atoms with Gasteiger partial charge in [-0.2, -0.15) is 0 Å². The molecule has 1 aliphatic heterocycles. The highest BCUT2D eigenvalue weighted by Gasteiger charge is 2.51. The van der Waals surface area contributed by atoms with E-state index in [-0.39, 0.29) is 0 Å². The average molecular weight is 255 g/mol. The van der Waals surface area contributed by atoms with Gasteiger partial charge in [0.1, 0.15) is 5.54 Å². The van der Waals surface area contributed by atoms with Crippen LogP contribution in [0.15, 0.2) is 0 Å². The van der Waals surface area contributed by atoms with Crippen molar-refractivity contribution in [2.24, 2.45) is 5.41 Å². The zero-order chi connectivity index (χ0) is 13.8. The molecule has 1 fully saturated rings. The van der Waals surface area contributed by atoms with E-state index in [1.165, 1.54) is 25.7 Å². The number of nitrogens with zero attached hydrogens (tertiary/aromatic N) is 1. The number of hydrogen-bond acceptors (Lipinski definition) is 2. The van der Waals surface area contributed by atoms with Gasteiger partial charge in [0, 0.05) is 13.1 Å². The number of likely N-dealkylation sites (tertiary alicyclic amines) is 1. The van der Waals surface area contributed by atoms with Gasteiger partial charge in [0.15, 0.2) is 0 Å². The summed E-state index contributed by atoms with van der Waals surface area (Å²) in [7, 11) is 0. The molecule has 0 radical (unpaired) electrons. The van der Waals surface area contributed by atoms with Gasteiger partial charge in [-0.15, -0.1) is 0 Å². The molecule has 0 aromatic heterocycles. The number of carboxylic acids is 1. The number of carbonyl (C=O) groups is 1. The zero-order valence-electron chi connectivity index (χ0n) is 12.5. The first-order valence-corrected chi connectivity index (χ1v) is 7.42. The third-order valence-corrected chi connectivity index (χ3v) is 4.51. The van der Waals surface area contributed by atoms with Crippen LogP contribution in [0.1, 0.15) is 66.2 Å². The van der Waals surface area contributed by atoms with Crippen LogP contribution in [0.5, 0.6) is 0 Å². The van der Waals surface area contributed by atoms with Gasteiger partial charge >= 0.3 is 5.97 Å². The lowest BCUT2D eigenvalue weighted by Gasteiger charge is -2.56. The van der Waals surface area contributed by atoms with Crippen molar-refractivity contribution in [3.8, 4) is 0 Å². The maximum atomic E-state index is 11.5. The first-order chi connectivity index (χ1) is 8.44. The molecule has 1 rings (SSSR count). The molecule has 0 aliphatic carbocycles. The Morgan fingerprint density at radius 3 is 2.00 bits per heavy atom. The van der Waals surface area contributed by atoms with E-state index in [4.69, 9.17) is 0 Å². The maximum absolute atomic E-state index is 11.5. The van der Waals surface area contributed by atoms with E-state index in [2.05, 4.69) is 25.7 Å². The summed E-state index contributed by atoms with van der Waals surface area (Å²) in [6, 6.07) is 0. The van der Waals surface area contributed by atoms with Gasteiger partial charge in [-0.05, 0) is 31.6 Å². The molecular weight excluding hydrogens is 226 g/mol. The number of carboxylic acid groups (broad SMARTS) is 1. The number of hydrogen-bond donors (Lipinski definition) is 1. The highest BCUT2D eigenvalue weighted by Crippen LogP contribution is 2.44. The molecule has 0 aromatic rings. The Morgan fingerprint density at radius 2 is 1.67 bits per heavy atom. The molecule has 1 atom stereocenters. The third-order valence-electron chi connectivity index (χ3n) is 4.51. The second-order valence-electron chi connectivity index (χ2n) is 6.19. The monoisotopic (exact) mass is 255 g/mol. The van der Waals surface area contributed by atoms with Crippen molar-refractivity contribution in [2.45, 2.75) is 71.8 Å². The predicted octanol–water partition coefficient (Wildman–Crippen LogP) is 3.53. The molecule has 0 saturated carbocycles. The lowest BCUT2D eigenvalue weighted by Crippen LogP contribution is -2.66. The summed E-state index contributed by atoms with van der Waals surface area (Å²) in [5.41, 5.74) is -0.256. The fourth-order valence-electron chi connectivity index (χ4n) is 3.50. The molecule has 1 saturated heterocycles. The second kappa shape index (κ2) is 6.05. The Kier molecular flexibility index (Phi) is 5.20. The summed E-state index contributed by atoms with van der Waals surface area (Å²) in [5.74, 6) is -0.661. The summed E-state index contributed by atoms with van der Waals surface area (Å²) in [6.45, 7) is 10.3. The minimum absolute atomic E-state index is 0.397. The first-order valence-electron chi connectivity index (χ1n) is 7.42. The van der Waals surface area contributed by atoms with E-state index in [9.17, 15) is 9.90 Å².